The summed E-state index contributed by atoms with van der Waals surface area (Å²) in [5, 5.41) is 1.25. The second-order valence-corrected chi connectivity index (χ2v) is 8.53. The summed E-state index contributed by atoms with van der Waals surface area (Å²) in [5.41, 5.74) is 14.2. The molecule has 0 unspecified atom stereocenters. The van der Waals surface area contributed by atoms with E-state index in [9.17, 15) is 0 Å². The molecule has 0 atom stereocenters. The molecular weight excluding hydrogens is 579 g/mol. The van der Waals surface area contributed by atoms with E-state index in [2.05, 4.69) is 99.3 Å². The average molecular weight is 601 g/mol. The molecule has 33 heavy (non-hydrogen) atoms. The summed E-state index contributed by atoms with van der Waals surface area (Å²) in [6.45, 7) is 8.25. The van der Waals surface area contributed by atoms with Crippen molar-refractivity contribution < 1.29 is 20.1 Å². The van der Waals surface area contributed by atoms with Crippen molar-refractivity contribution in [1.29, 1.82) is 0 Å². The molecule has 0 spiro atoms. The van der Waals surface area contributed by atoms with Crippen LogP contribution in [0.4, 0.5) is 0 Å². The topological polar surface area (TPSA) is 12.9 Å². The maximum absolute atomic E-state index is 5.05. The Morgan fingerprint density at radius 3 is 2.21 bits per heavy atom. The van der Waals surface area contributed by atoms with Gasteiger partial charge in [0.1, 0.15) is 0 Å². The zero-order valence-corrected chi connectivity index (χ0v) is 21.0. The fourth-order valence-corrected chi connectivity index (χ4v) is 5.16. The van der Waals surface area contributed by atoms with Crippen LogP contribution in [0.15, 0.2) is 85.4 Å². The van der Waals surface area contributed by atoms with E-state index in [-0.39, 0.29) is 20.1 Å². The Morgan fingerprint density at radius 1 is 0.788 bits per heavy atom. The van der Waals surface area contributed by atoms with Gasteiger partial charge in [0.25, 0.3) is 0 Å². The van der Waals surface area contributed by atoms with Crippen molar-refractivity contribution in [3.63, 3.8) is 0 Å². The van der Waals surface area contributed by atoms with Crippen LogP contribution in [0.2, 0.25) is 0 Å². The minimum Gasteiger partial charge on any atom is -0.296 e. The van der Waals surface area contributed by atoms with Gasteiger partial charge in [0.15, 0.2) is 0 Å². The normalized spacial score (nSPS) is 11.2. The number of hydrogen-bond acceptors (Lipinski definition) is 1. The van der Waals surface area contributed by atoms with Crippen LogP contribution >= 0.6 is 0 Å². The summed E-state index contributed by atoms with van der Waals surface area (Å²) in [6, 6.07) is 31.5. The van der Waals surface area contributed by atoms with Crippen molar-refractivity contribution in [2.45, 2.75) is 13.8 Å². The van der Waals surface area contributed by atoms with Crippen LogP contribution in [0.3, 0.4) is 0 Å². The molecule has 4 aromatic carbocycles. The van der Waals surface area contributed by atoms with Crippen molar-refractivity contribution in [2.24, 2.45) is 0 Å². The van der Waals surface area contributed by atoms with Gasteiger partial charge in [0.2, 0.25) is 0 Å². The maximum atomic E-state index is 5.05. The van der Waals surface area contributed by atoms with Crippen LogP contribution < -0.4 is 0 Å². The first kappa shape index (κ1) is 21.5. The Kier molecular flexibility index (Phi) is 5.37. The quantitative estimate of drug-likeness (QED) is 0.186. The smallest absolute Gasteiger partial charge is 0.0607 e. The number of benzene rings is 4. The first-order valence-corrected chi connectivity index (χ1v) is 10.9. The number of hydrogen-bond donors (Lipinski definition) is 0. The molecule has 0 bridgehead atoms. The minimum absolute atomic E-state index is 0. The van der Waals surface area contributed by atoms with E-state index >= 15 is 0 Å². The monoisotopic (exact) mass is 601 g/mol. The molecule has 1 aliphatic rings. The standard InChI is InChI=1S/C31H22N.Ir/c1-4-21-15-19(2)30(20(3)16-21)23-10-7-9-22(17-23)29-18-27-25-12-6-5-11-24(25)26-13-8-14-28(32-29)31(26)27;/h4-8,10-18H,1H2,2-3H3;/q-1;. The molecule has 6 rings (SSSR count). The Balaban J connectivity index is 0.00000228. The van der Waals surface area contributed by atoms with Crippen LogP contribution in [-0.4, -0.2) is 4.98 Å². The third kappa shape index (κ3) is 3.38. The molecule has 1 heterocycles. The number of fused-ring (bicyclic) bond motifs is 3. The molecule has 0 fully saturated rings. The van der Waals surface area contributed by atoms with Crippen LogP contribution in [0.5, 0.6) is 0 Å². The van der Waals surface area contributed by atoms with Gasteiger partial charge < -0.3 is 0 Å². The zero-order chi connectivity index (χ0) is 21.8. The number of nitrogens with zero attached hydrogens (tertiary/aromatic N) is 1. The van der Waals surface area contributed by atoms with Crippen LogP contribution in [0, 0.1) is 19.9 Å². The molecule has 0 aliphatic heterocycles. The van der Waals surface area contributed by atoms with Crippen molar-refractivity contribution in [2.75, 3.05) is 0 Å². The van der Waals surface area contributed by atoms with E-state index in [1.54, 1.807) is 0 Å². The Morgan fingerprint density at radius 2 is 1.48 bits per heavy atom. The third-order valence-electron chi connectivity index (χ3n) is 6.50. The molecule has 1 radical (unpaired) electrons. The largest absolute Gasteiger partial charge is 0.296 e. The SMILES string of the molecule is C=Cc1cc(C)c(-c2cc[c-]c(-c3cc4c5c(cccc5n3)-c3ccccc3-4)c2)c(C)c1.[Ir]. The predicted octanol–water partition coefficient (Wildman–Crippen LogP) is 8.27. The van der Waals surface area contributed by atoms with E-state index in [1.165, 1.54) is 49.9 Å². The molecule has 0 saturated carbocycles. The summed E-state index contributed by atoms with van der Waals surface area (Å²) in [7, 11) is 0. The third-order valence-corrected chi connectivity index (χ3v) is 6.50. The summed E-state index contributed by atoms with van der Waals surface area (Å²) >= 11 is 0. The number of pyridine rings is 1. The summed E-state index contributed by atoms with van der Waals surface area (Å²) < 4.78 is 0. The molecular formula is C31H22IrN-. The number of rotatable bonds is 3. The van der Waals surface area contributed by atoms with Gasteiger partial charge in [-0.3, -0.25) is 4.98 Å². The fraction of sp³-hybridized carbons (Fsp3) is 0.0645. The maximum Gasteiger partial charge on any atom is 0.0607 e. The zero-order valence-electron chi connectivity index (χ0n) is 18.6. The van der Waals surface area contributed by atoms with Gasteiger partial charge in [-0.2, -0.15) is 0 Å². The molecule has 2 heteroatoms. The first-order chi connectivity index (χ1) is 15.6. The summed E-state index contributed by atoms with van der Waals surface area (Å²) in [6.07, 6.45) is 1.90. The Bertz CT molecular complexity index is 1540. The average Bonchev–Trinajstić information content (AvgIpc) is 3.14. The van der Waals surface area contributed by atoms with E-state index in [0.29, 0.717) is 0 Å². The Labute approximate surface area is 208 Å². The van der Waals surface area contributed by atoms with Gasteiger partial charge in [0, 0.05) is 25.5 Å². The van der Waals surface area contributed by atoms with E-state index in [4.69, 9.17) is 4.98 Å². The fourth-order valence-electron chi connectivity index (χ4n) is 5.16. The van der Waals surface area contributed by atoms with Gasteiger partial charge >= 0.3 is 0 Å². The van der Waals surface area contributed by atoms with Crippen molar-refractivity contribution in [3.8, 4) is 44.6 Å². The van der Waals surface area contributed by atoms with Crippen molar-refractivity contribution >= 4 is 17.0 Å². The molecule has 1 nitrogen and oxygen atoms in total. The van der Waals surface area contributed by atoms with Gasteiger partial charge in [-0.25, -0.2) is 0 Å². The molecule has 1 aromatic heterocycles. The van der Waals surface area contributed by atoms with Crippen LogP contribution in [0.1, 0.15) is 16.7 Å². The van der Waals surface area contributed by atoms with E-state index in [0.717, 1.165) is 22.3 Å². The molecule has 0 saturated heterocycles. The number of aromatic nitrogens is 1. The second kappa shape index (κ2) is 8.23. The van der Waals surface area contributed by atoms with Gasteiger partial charge in [-0.15, -0.1) is 35.4 Å². The van der Waals surface area contributed by atoms with Gasteiger partial charge in [-0.05, 0) is 70.1 Å². The molecule has 0 N–H and O–H groups in total. The van der Waals surface area contributed by atoms with Crippen molar-refractivity contribution in [1.82, 2.24) is 4.98 Å². The van der Waals surface area contributed by atoms with Crippen LogP contribution in [-0.2, 0) is 20.1 Å². The molecule has 0 amide bonds. The summed E-state index contributed by atoms with van der Waals surface area (Å²) in [5.74, 6) is 0. The number of aryl methyl sites for hydroxylation is 2. The van der Waals surface area contributed by atoms with E-state index in [1.807, 2.05) is 12.1 Å². The van der Waals surface area contributed by atoms with Gasteiger partial charge in [-0.1, -0.05) is 67.3 Å². The van der Waals surface area contributed by atoms with Gasteiger partial charge in [0.05, 0.1) is 5.52 Å². The first-order valence-electron chi connectivity index (χ1n) is 10.9. The van der Waals surface area contributed by atoms with Crippen LogP contribution in [0.25, 0.3) is 61.6 Å². The van der Waals surface area contributed by atoms with E-state index < -0.39 is 0 Å². The van der Waals surface area contributed by atoms with Crippen molar-refractivity contribution in [3.05, 3.63) is 108 Å². The molecule has 1 aliphatic carbocycles. The summed E-state index contributed by atoms with van der Waals surface area (Å²) in [4.78, 5) is 5.05. The minimum atomic E-state index is 0. The molecule has 161 valence electrons. The Hall–Kier alpha value is -3.32. The second-order valence-electron chi connectivity index (χ2n) is 8.53. The molecule has 5 aromatic rings. The predicted molar refractivity (Wildman–Crippen MR) is 135 cm³/mol.